The highest BCUT2D eigenvalue weighted by Gasteiger charge is 2.22. The van der Waals surface area contributed by atoms with E-state index in [1.54, 1.807) is 24.5 Å². The zero-order valence-electron chi connectivity index (χ0n) is 14.5. The molecule has 26 heavy (non-hydrogen) atoms. The Morgan fingerprint density at radius 2 is 1.58 bits per heavy atom. The Bertz CT molecular complexity index is 717. The van der Waals surface area contributed by atoms with Gasteiger partial charge in [-0.25, -0.2) is 9.97 Å². The number of rotatable bonds is 6. The van der Waals surface area contributed by atoms with Crippen LogP contribution in [0.4, 0.5) is 11.6 Å². The van der Waals surface area contributed by atoms with Crippen molar-refractivity contribution < 1.29 is 9.59 Å². The van der Waals surface area contributed by atoms with Crippen molar-refractivity contribution in [2.75, 3.05) is 49.9 Å². The molecule has 8 heteroatoms. The van der Waals surface area contributed by atoms with Crippen LogP contribution in [-0.2, 0) is 9.59 Å². The van der Waals surface area contributed by atoms with E-state index in [-0.39, 0.29) is 18.4 Å². The maximum Gasteiger partial charge on any atom is 0.242 e. The highest BCUT2D eigenvalue weighted by Crippen LogP contribution is 2.05. The summed E-state index contributed by atoms with van der Waals surface area (Å²) in [5, 5.41) is 5.80. The van der Waals surface area contributed by atoms with Gasteiger partial charge in [-0.2, -0.15) is 0 Å². The van der Waals surface area contributed by atoms with Gasteiger partial charge in [-0.05, 0) is 24.3 Å². The molecule has 1 aliphatic heterocycles. The van der Waals surface area contributed by atoms with E-state index in [0.29, 0.717) is 44.4 Å². The fourth-order valence-corrected chi connectivity index (χ4v) is 2.72. The van der Waals surface area contributed by atoms with Crippen LogP contribution in [0.2, 0.25) is 0 Å². The van der Waals surface area contributed by atoms with Crippen LogP contribution in [-0.4, -0.2) is 70.9 Å². The van der Waals surface area contributed by atoms with Gasteiger partial charge >= 0.3 is 0 Å². The minimum atomic E-state index is -0.0969. The summed E-state index contributed by atoms with van der Waals surface area (Å²) in [7, 11) is 0. The van der Waals surface area contributed by atoms with Crippen molar-refractivity contribution in [1.29, 1.82) is 0 Å². The molecule has 8 nitrogen and oxygen atoms in total. The Balaban J connectivity index is 1.38. The van der Waals surface area contributed by atoms with Gasteiger partial charge in [-0.3, -0.25) is 14.5 Å². The lowest BCUT2D eigenvalue weighted by Gasteiger charge is -2.34. The van der Waals surface area contributed by atoms with Gasteiger partial charge in [0.15, 0.2) is 0 Å². The molecule has 0 saturated carbocycles. The predicted molar refractivity (Wildman–Crippen MR) is 98.6 cm³/mol. The van der Waals surface area contributed by atoms with Gasteiger partial charge in [0.25, 0.3) is 0 Å². The molecule has 136 valence electrons. The Hall–Kier alpha value is -3.00. The van der Waals surface area contributed by atoms with Crippen LogP contribution in [0.3, 0.4) is 0 Å². The molecular weight excluding hydrogens is 332 g/mol. The van der Waals surface area contributed by atoms with Gasteiger partial charge in [0.2, 0.25) is 11.8 Å². The average molecular weight is 354 g/mol. The number of nitrogens with zero attached hydrogens (tertiary/aromatic N) is 4. The number of piperazine rings is 1. The molecule has 2 aromatic rings. The van der Waals surface area contributed by atoms with Crippen LogP contribution in [0, 0.1) is 0 Å². The smallest absolute Gasteiger partial charge is 0.242 e. The number of aromatic nitrogens is 2. The van der Waals surface area contributed by atoms with Crippen molar-refractivity contribution in [3.8, 4) is 0 Å². The molecule has 2 N–H and O–H groups in total. The first kappa shape index (κ1) is 17.8. The molecule has 0 aliphatic carbocycles. The Morgan fingerprint density at radius 3 is 2.19 bits per heavy atom. The summed E-state index contributed by atoms with van der Waals surface area (Å²) in [6.07, 6.45) is 3.32. The highest BCUT2D eigenvalue weighted by atomic mass is 16.2. The maximum atomic E-state index is 12.3. The summed E-state index contributed by atoms with van der Waals surface area (Å²) in [5.74, 6) is 1.17. The van der Waals surface area contributed by atoms with Crippen LogP contribution in [0.15, 0.2) is 48.8 Å². The number of hydrogen-bond donors (Lipinski definition) is 2. The quantitative estimate of drug-likeness (QED) is 0.792. The number of pyridine rings is 2. The molecule has 3 rings (SSSR count). The van der Waals surface area contributed by atoms with E-state index in [0.717, 1.165) is 0 Å². The third kappa shape index (κ3) is 5.25. The first-order valence-electron chi connectivity index (χ1n) is 8.56. The molecular formula is C18H22N6O2. The molecule has 0 unspecified atom stereocenters. The van der Waals surface area contributed by atoms with Crippen molar-refractivity contribution in [1.82, 2.24) is 19.8 Å². The summed E-state index contributed by atoms with van der Waals surface area (Å²) in [6, 6.07) is 10.9. The second-order valence-electron chi connectivity index (χ2n) is 5.99. The Kier molecular flexibility index (Phi) is 6.10. The molecule has 1 saturated heterocycles. The summed E-state index contributed by atoms with van der Waals surface area (Å²) < 4.78 is 0. The molecule has 0 bridgehead atoms. The van der Waals surface area contributed by atoms with Crippen LogP contribution in [0.5, 0.6) is 0 Å². The molecule has 2 aromatic heterocycles. The summed E-state index contributed by atoms with van der Waals surface area (Å²) >= 11 is 0. The van der Waals surface area contributed by atoms with E-state index in [4.69, 9.17) is 0 Å². The monoisotopic (exact) mass is 354 g/mol. The number of hydrogen-bond acceptors (Lipinski definition) is 6. The number of carbonyl (C=O) groups is 2. The van der Waals surface area contributed by atoms with E-state index in [1.807, 2.05) is 34.1 Å². The lowest BCUT2D eigenvalue weighted by Crippen LogP contribution is -2.51. The molecule has 2 amide bonds. The van der Waals surface area contributed by atoms with Gasteiger partial charge in [-0.15, -0.1) is 0 Å². The van der Waals surface area contributed by atoms with E-state index in [9.17, 15) is 9.59 Å². The average Bonchev–Trinajstić information content (AvgIpc) is 2.68. The summed E-state index contributed by atoms with van der Waals surface area (Å²) in [5.41, 5.74) is 0. The van der Waals surface area contributed by atoms with Crippen molar-refractivity contribution >= 4 is 23.5 Å². The van der Waals surface area contributed by atoms with Crippen molar-refractivity contribution in [2.45, 2.75) is 0 Å². The Labute approximate surface area is 152 Å². The van der Waals surface area contributed by atoms with Crippen molar-refractivity contribution in [2.24, 2.45) is 0 Å². The topological polar surface area (TPSA) is 90.5 Å². The molecule has 1 aliphatic rings. The van der Waals surface area contributed by atoms with E-state index in [2.05, 4.69) is 20.6 Å². The lowest BCUT2D eigenvalue weighted by molar-refractivity contribution is -0.131. The first-order chi connectivity index (χ1) is 12.7. The van der Waals surface area contributed by atoms with Crippen molar-refractivity contribution in [3.63, 3.8) is 0 Å². The number of amides is 2. The largest absolute Gasteiger partial charge is 0.361 e. The SMILES string of the molecule is O=C(CN1CCN(C(=O)CNc2ccccn2)CC1)Nc1ccccn1. The standard InChI is InChI=1S/C18H22N6O2/c25-17(22-16-6-2-4-8-20-16)14-23-9-11-24(12-10-23)18(26)13-21-15-5-1-3-7-19-15/h1-8H,9-14H2,(H,19,21)(H,20,22,25). The summed E-state index contributed by atoms with van der Waals surface area (Å²) in [4.78, 5) is 36.4. The molecule has 0 aromatic carbocycles. The van der Waals surface area contributed by atoms with Crippen LogP contribution >= 0.6 is 0 Å². The zero-order valence-corrected chi connectivity index (χ0v) is 14.5. The maximum absolute atomic E-state index is 12.3. The van der Waals surface area contributed by atoms with Gasteiger partial charge in [0, 0.05) is 38.6 Å². The zero-order chi connectivity index (χ0) is 18.2. The fraction of sp³-hybridized carbons (Fsp3) is 0.333. The van der Waals surface area contributed by atoms with Gasteiger partial charge in [0.05, 0.1) is 13.1 Å². The fourth-order valence-electron chi connectivity index (χ4n) is 2.72. The van der Waals surface area contributed by atoms with E-state index in [1.165, 1.54) is 0 Å². The second-order valence-corrected chi connectivity index (χ2v) is 5.99. The minimum absolute atomic E-state index is 0.0354. The molecule has 0 radical (unpaired) electrons. The number of carbonyl (C=O) groups excluding carboxylic acids is 2. The third-order valence-corrected chi connectivity index (χ3v) is 4.11. The van der Waals surface area contributed by atoms with Crippen LogP contribution < -0.4 is 10.6 Å². The van der Waals surface area contributed by atoms with Gasteiger partial charge in [0.1, 0.15) is 11.6 Å². The van der Waals surface area contributed by atoms with Crippen LogP contribution in [0.25, 0.3) is 0 Å². The Morgan fingerprint density at radius 1 is 0.923 bits per heavy atom. The predicted octanol–water partition coefficient (Wildman–Crippen LogP) is 0.671. The number of anilines is 2. The van der Waals surface area contributed by atoms with Crippen LogP contribution in [0.1, 0.15) is 0 Å². The first-order valence-corrected chi connectivity index (χ1v) is 8.56. The van der Waals surface area contributed by atoms with Gasteiger partial charge in [-0.1, -0.05) is 12.1 Å². The second kappa shape index (κ2) is 8.91. The van der Waals surface area contributed by atoms with Gasteiger partial charge < -0.3 is 15.5 Å². The lowest BCUT2D eigenvalue weighted by atomic mass is 10.3. The number of nitrogens with one attached hydrogen (secondary N) is 2. The normalized spacial score (nSPS) is 14.7. The minimum Gasteiger partial charge on any atom is -0.361 e. The van der Waals surface area contributed by atoms with E-state index >= 15 is 0 Å². The molecule has 0 spiro atoms. The molecule has 0 atom stereocenters. The molecule has 1 fully saturated rings. The summed E-state index contributed by atoms with van der Waals surface area (Å²) in [6.45, 7) is 3.08. The third-order valence-electron chi connectivity index (χ3n) is 4.11. The van der Waals surface area contributed by atoms with E-state index < -0.39 is 0 Å². The highest BCUT2D eigenvalue weighted by molar-refractivity contribution is 5.91. The molecule has 3 heterocycles. The van der Waals surface area contributed by atoms with Crippen molar-refractivity contribution in [3.05, 3.63) is 48.8 Å².